The first-order chi connectivity index (χ1) is 6.49. The molecular weight excluding hydrogens is 194 g/mol. The second kappa shape index (κ2) is 3.09. The van der Waals surface area contributed by atoms with Crippen LogP contribution in [0.15, 0.2) is 0 Å². The van der Waals surface area contributed by atoms with Crippen LogP contribution in [0.25, 0.3) is 0 Å². The maximum atomic E-state index is 10.4. The molecule has 0 bridgehead atoms. The maximum absolute atomic E-state index is 10.4. The molecule has 1 aromatic heterocycles. The number of rotatable bonds is 2. The van der Waals surface area contributed by atoms with Gasteiger partial charge in [-0.25, -0.2) is 0 Å². The van der Waals surface area contributed by atoms with Gasteiger partial charge in [-0.1, -0.05) is 0 Å². The van der Waals surface area contributed by atoms with Crippen LogP contribution in [-0.2, 0) is 7.05 Å². The molecule has 0 fully saturated rings. The van der Waals surface area contributed by atoms with E-state index in [-0.39, 0.29) is 0 Å². The number of hydrogen-bond donors (Lipinski definition) is 0. The van der Waals surface area contributed by atoms with Crippen molar-refractivity contribution in [2.75, 3.05) is 0 Å². The van der Waals surface area contributed by atoms with Crippen molar-refractivity contribution in [1.29, 1.82) is 5.26 Å². The van der Waals surface area contributed by atoms with Crippen molar-refractivity contribution in [2.45, 2.75) is 0 Å². The summed E-state index contributed by atoms with van der Waals surface area (Å²) in [5, 5.41) is 32.5. The summed E-state index contributed by atoms with van der Waals surface area (Å²) in [6.07, 6.45) is 0. The van der Waals surface area contributed by atoms with Crippen LogP contribution in [0.5, 0.6) is 0 Å². The first-order valence-electron chi connectivity index (χ1n) is 3.25. The number of aromatic nitrogens is 2. The fourth-order valence-corrected chi connectivity index (χ4v) is 0.938. The minimum atomic E-state index is -0.939. The predicted octanol–water partition coefficient (Wildman–Crippen LogP) is 0.108. The molecule has 0 atom stereocenters. The second-order valence-electron chi connectivity index (χ2n) is 2.27. The van der Waals surface area contributed by atoms with Crippen LogP contribution in [0, 0.1) is 31.6 Å². The molecule has 0 aromatic carbocycles. The van der Waals surface area contributed by atoms with Gasteiger partial charge in [0, 0.05) is 0 Å². The SMILES string of the molecule is Cn1nc([N+](=O)[O-])c(C#N)c1[N+](=O)[O-]. The number of hydrogen-bond acceptors (Lipinski definition) is 6. The molecule has 14 heavy (non-hydrogen) atoms. The molecule has 1 heterocycles. The highest BCUT2D eigenvalue weighted by atomic mass is 16.6. The molecule has 1 aromatic rings. The molecular formula is C5H3N5O4. The molecule has 0 aliphatic heterocycles. The third-order valence-corrected chi connectivity index (χ3v) is 1.46. The molecule has 0 amide bonds. The van der Waals surface area contributed by atoms with Gasteiger partial charge in [0.15, 0.2) is 0 Å². The molecule has 0 saturated heterocycles. The lowest BCUT2D eigenvalue weighted by Gasteiger charge is -1.89. The molecule has 0 N–H and O–H groups in total. The van der Waals surface area contributed by atoms with E-state index < -0.39 is 27.0 Å². The van der Waals surface area contributed by atoms with E-state index in [0.29, 0.717) is 4.68 Å². The van der Waals surface area contributed by atoms with Gasteiger partial charge in [0.2, 0.25) is 0 Å². The van der Waals surface area contributed by atoms with Crippen molar-refractivity contribution in [3.63, 3.8) is 0 Å². The Morgan fingerprint density at radius 3 is 2.36 bits per heavy atom. The Balaban J connectivity index is 3.53. The van der Waals surface area contributed by atoms with Crippen LogP contribution in [0.4, 0.5) is 11.6 Å². The third-order valence-electron chi connectivity index (χ3n) is 1.46. The van der Waals surface area contributed by atoms with Gasteiger partial charge in [-0.2, -0.15) is 5.26 Å². The van der Waals surface area contributed by atoms with Gasteiger partial charge in [0.1, 0.15) is 18.2 Å². The van der Waals surface area contributed by atoms with E-state index in [9.17, 15) is 20.2 Å². The highest BCUT2D eigenvalue weighted by Crippen LogP contribution is 2.25. The molecule has 9 heteroatoms. The highest BCUT2D eigenvalue weighted by molar-refractivity contribution is 5.54. The zero-order chi connectivity index (χ0) is 10.9. The summed E-state index contributed by atoms with van der Waals surface area (Å²) in [7, 11) is 1.16. The Bertz CT molecular complexity index is 455. The van der Waals surface area contributed by atoms with Gasteiger partial charge in [-0.05, 0) is 14.5 Å². The van der Waals surface area contributed by atoms with Gasteiger partial charge in [0.25, 0.3) is 5.56 Å². The van der Waals surface area contributed by atoms with Gasteiger partial charge in [-0.15, -0.1) is 0 Å². The Morgan fingerprint density at radius 2 is 2.00 bits per heavy atom. The van der Waals surface area contributed by atoms with Crippen LogP contribution in [0.1, 0.15) is 5.56 Å². The zero-order valence-electron chi connectivity index (χ0n) is 6.87. The van der Waals surface area contributed by atoms with Crippen LogP contribution in [0.3, 0.4) is 0 Å². The molecule has 9 nitrogen and oxygen atoms in total. The lowest BCUT2D eigenvalue weighted by molar-refractivity contribution is -0.395. The lowest BCUT2D eigenvalue weighted by atomic mass is 10.3. The molecule has 0 radical (unpaired) electrons. The van der Waals surface area contributed by atoms with E-state index in [1.807, 2.05) is 0 Å². The zero-order valence-corrected chi connectivity index (χ0v) is 6.87. The van der Waals surface area contributed by atoms with Crippen molar-refractivity contribution in [3.05, 3.63) is 25.8 Å². The van der Waals surface area contributed by atoms with E-state index in [0.717, 1.165) is 7.05 Å². The van der Waals surface area contributed by atoms with E-state index in [4.69, 9.17) is 5.26 Å². The first-order valence-corrected chi connectivity index (χ1v) is 3.25. The second-order valence-corrected chi connectivity index (χ2v) is 2.27. The minimum absolute atomic E-state index is 0.637. The van der Waals surface area contributed by atoms with E-state index >= 15 is 0 Å². The summed E-state index contributed by atoms with van der Waals surface area (Å²) in [4.78, 5) is 18.9. The van der Waals surface area contributed by atoms with Crippen molar-refractivity contribution in [1.82, 2.24) is 9.78 Å². The minimum Gasteiger partial charge on any atom is -0.358 e. The van der Waals surface area contributed by atoms with Crippen molar-refractivity contribution in [3.8, 4) is 6.07 Å². The topological polar surface area (TPSA) is 128 Å². The van der Waals surface area contributed by atoms with Crippen LogP contribution < -0.4 is 0 Å². The smallest absolute Gasteiger partial charge is 0.358 e. The monoisotopic (exact) mass is 197 g/mol. The lowest BCUT2D eigenvalue weighted by Crippen LogP contribution is -1.99. The van der Waals surface area contributed by atoms with E-state index in [2.05, 4.69) is 5.10 Å². The van der Waals surface area contributed by atoms with Gasteiger partial charge in [0.05, 0.1) is 0 Å². The average molecular weight is 197 g/mol. The van der Waals surface area contributed by atoms with Crippen LogP contribution in [-0.4, -0.2) is 19.6 Å². The number of nitriles is 1. The fourth-order valence-electron chi connectivity index (χ4n) is 0.938. The summed E-state index contributed by atoms with van der Waals surface area (Å²) in [5.41, 5.74) is -0.637. The predicted molar refractivity (Wildman–Crippen MR) is 41.2 cm³/mol. The van der Waals surface area contributed by atoms with Crippen molar-refractivity contribution >= 4 is 11.6 Å². The summed E-state index contributed by atoms with van der Waals surface area (Å²) < 4.78 is 0.691. The first kappa shape index (κ1) is 9.59. The van der Waals surface area contributed by atoms with Crippen molar-refractivity contribution in [2.24, 2.45) is 7.05 Å². The quantitative estimate of drug-likeness (QED) is 0.488. The molecule has 1 rings (SSSR count). The largest absolute Gasteiger partial charge is 0.438 e. The highest BCUT2D eigenvalue weighted by Gasteiger charge is 2.34. The average Bonchev–Trinajstić information content (AvgIpc) is 2.41. The Kier molecular flexibility index (Phi) is 2.12. The Labute approximate surface area is 76.5 Å². The number of nitrogens with zero attached hydrogens (tertiary/aromatic N) is 5. The Hall–Kier alpha value is -2.50. The fraction of sp³-hybridized carbons (Fsp3) is 0.200. The molecule has 0 aliphatic rings. The van der Waals surface area contributed by atoms with E-state index in [1.54, 1.807) is 0 Å². The summed E-state index contributed by atoms with van der Waals surface area (Å²) >= 11 is 0. The standard InChI is InChI=1S/C5H3N5O4/c1-8-5(10(13)14)3(2-6)4(7-8)9(11)12/h1H3. The van der Waals surface area contributed by atoms with Crippen LogP contribution >= 0.6 is 0 Å². The number of nitro groups is 2. The van der Waals surface area contributed by atoms with Gasteiger partial charge >= 0.3 is 11.6 Å². The van der Waals surface area contributed by atoms with Crippen molar-refractivity contribution < 1.29 is 9.85 Å². The summed E-state index contributed by atoms with van der Waals surface area (Å²) in [6, 6.07) is 1.38. The number of aryl methyl sites for hydroxylation is 1. The van der Waals surface area contributed by atoms with Gasteiger partial charge < -0.3 is 20.2 Å². The van der Waals surface area contributed by atoms with E-state index in [1.165, 1.54) is 6.07 Å². The normalized spacial score (nSPS) is 9.43. The van der Waals surface area contributed by atoms with Crippen LogP contribution in [0.2, 0.25) is 0 Å². The summed E-state index contributed by atoms with van der Waals surface area (Å²) in [6.45, 7) is 0. The molecule has 72 valence electrons. The molecule has 0 saturated carbocycles. The maximum Gasteiger partial charge on any atom is 0.438 e. The molecule has 0 spiro atoms. The third kappa shape index (κ3) is 1.24. The Morgan fingerprint density at radius 1 is 1.43 bits per heavy atom. The summed E-state index contributed by atoms with van der Waals surface area (Å²) in [5.74, 6) is -1.49. The molecule has 0 unspecified atom stereocenters. The molecule has 0 aliphatic carbocycles. The van der Waals surface area contributed by atoms with Gasteiger partial charge in [-0.3, -0.25) is 0 Å².